The van der Waals surface area contributed by atoms with Crippen LogP contribution in [0.3, 0.4) is 0 Å². The maximum atomic E-state index is 12.6. The lowest BCUT2D eigenvalue weighted by atomic mass is 10.2. The zero-order valence-electron chi connectivity index (χ0n) is 7.40. The fraction of sp³-hybridized carbons (Fsp3) is 0.100. The Morgan fingerprint density at radius 1 is 1.29 bits per heavy atom. The van der Waals surface area contributed by atoms with Crippen LogP contribution in [-0.2, 0) is 6.54 Å². The fourth-order valence-corrected chi connectivity index (χ4v) is 1.61. The van der Waals surface area contributed by atoms with Crippen LogP contribution in [0, 0.1) is 5.82 Å². The summed E-state index contributed by atoms with van der Waals surface area (Å²) in [5.41, 5.74) is 2.83. The summed E-state index contributed by atoms with van der Waals surface area (Å²) >= 11 is 1.55. The molecule has 0 unspecified atom stereocenters. The molecule has 2 rings (SSSR count). The van der Waals surface area contributed by atoms with Gasteiger partial charge < -0.3 is 5.32 Å². The maximum Gasteiger partial charge on any atom is 0.123 e. The van der Waals surface area contributed by atoms with Crippen molar-refractivity contribution in [3.8, 4) is 0 Å². The molecule has 14 heavy (non-hydrogen) atoms. The number of hydrogen-bond acceptors (Lipinski definition) is 3. The van der Waals surface area contributed by atoms with Crippen LogP contribution in [0.4, 0.5) is 9.39 Å². The van der Waals surface area contributed by atoms with E-state index in [0.29, 0.717) is 6.54 Å². The van der Waals surface area contributed by atoms with E-state index in [1.54, 1.807) is 35.2 Å². The number of rotatable bonds is 3. The molecule has 1 N–H and O–H groups in total. The number of halogens is 1. The standard InChI is InChI=1S/C10H9FN2S/c11-9-3-1-8(2-4-9)5-13-10-6-12-7-14-10/h1-4,6-7,13H,5H2. The van der Waals surface area contributed by atoms with Crippen molar-refractivity contribution in [2.24, 2.45) is 0 Å². The number of anilines is 1. The molecular weight excluding hydrogens is 199 g/mol. The first-order valence-electron chi connectivity index (χ1n) is 4.21. The van der Waals surface area contributed by atoms with E-state index in [9.17, 15) is 4.39 Å². The fourth-order valence-electron chi connectivity index (χ4n) is 1.09. The summed E-state index contributed by atoms with van der Waals surface area (Å²) in [7, 11) is 0. The van der Waals surface area contributed by atoms with Crippen molar-refractivity contribution in [2.45, 2.75) is 6.54 Å². The quantitative estimate of drug-likeness (QED) is 0.838. The summed E-state index contributed by atoms with van der Waals surface area (Å²) < 4.78 is 12.6. The lowest BCUT2D eigenvalue weighted by Gasteiger charge is -2.02. The Kier molecular flexibility index (Phi) is 2.74. The highest BCUT2D eigenvalue weighted by molar-refractivity contribution is 7.13. The van der Waals surface area contributed by atoms with Gasteiger partial charge in [-0.1, -0.05) is 12.1 Å². The number of benzene rings is 1. The van der Waals surface area contributed by atoms with E-state index in [0.717, 1.165) is 10.6 Å². The number of hydrogen-bond donors (Lipinski definition) is 1. The van der Waals surface area contributed by atoms with Gasteiger partial charge in [0, 0.05) is 6.54 Å². The van der Waals surface area contributed by atoms with Crippen LogP contribution < -0.4 is 5.32 Å². The van der Waals surface area contributed by atoms with Gasteiger partial charge in [0.15, 0.2) is 0 Å². The monoisotopic (exact) mass is 208 g/mol. The predicted molar refractivity (Wildman–Crippen MR) is 55.8 cm³/mol. The predicted octanol–water partition coefficient (Wildman–Crippen LogP) is 2.89. The normalized spacial score (nSPS) is 10.1. The molecule has 0 saturated carbocycles. The van der Waals surface area contributed by atoms with Crippen LogP contribution in [-0.4, -0.2) is 4.98 Å². The second-order valence-corrected chi connectivity index (χ2v) is 3.73. The van der Waals surface area contributed by atoms with Gasteiger partial charge in [-0.05, 0) is 17.7 Å². The Morgan fingerprint density at radius 2 is 2.07 bits per heavy atom. The van der Waals surface area contributed by atoms with Gasteiger partial charge in [0.2, 0.25) is 0 Å². The first kappa shape index (κ1) is 9.15. The van der Waals surface area contributed by atoms with Crippen LogP contribution >= 0.6 is 11.3 Å². The van der Waals surface area contributed by atoms with Gasteiger partial charge in [-0.3, -0.25) is 4.98 Å². The molecule has 0 aliphatic heterocycles. The molecule has 1 aromatic heterocycles. The van der Waals surface area contributed by atoms with Crippen molar-refractivity contribution in [1.29, 1.82) is 0 Å². The molecule has 0 spiro atoms. The van der Waals surface area contributed by atoms with E-state index < -0.39 is 0 Å². The van der Waals surface area contributed by atoms with Crippen molar-refractivity contribution in [1.82, 2.24) is 4.98 Å². The summed E-state index contributed by atoms with van der Waals surface area (Å²) in [4.78, 5) is 3.94. The van der Waals surface area contributed by atoms with Crippen LogP contribution in [0.25, 0.3) is 0 Å². The molecule has 0 radical (unpaired) electrons. The van der Waals surface area contributed by atoms with Gasteiger partial charge in [0.05, 0.1) is 11.7 Å². The second-order valence-electron chi connectivity index (χ2n) is 2.85. The molecule has 2 nitrogen and oxygen atoms in total. The van der Waals surface area contributed by atoms with Crippen molar-refractivity contribution in [2.75, 3.05) is 5.32 Å². The van der Waals surface area contributed by atoms with Crippen LogP contribution in [0.1, 0.15) is 5.56 Å². The molecule has 0 amide bonds. The molecule has 1 heterocycles. The Balaban J connectivity index is 1.95. The van der Waals surface area contributed by atoms with E-state index in [2.05, 4.69) is 10.3 Å². The lowest BCUT2D eigenvalue weighted by Crippen LogP contribution is -1.97. The van der Waals surface area contributed by atoms with Crippen LogP contribution in [0.15, 0.2) is 36.0 Å². The molecule has 0 bridgehead atoms. The molecule has 1 aromatic carbocycles. The summed E-state index contributed by atoms with van der Waals surface area (Å²) in [6.07, 6.45) is 1.77. The molecule has 0 fully saturated rings. The molecule has 2 aromatic rings. The average molecular weight is 208 g/mol. The molecule has 0 atom stereocenters. The van der Waals surface area contributed by atoms with E-state index >= 15 is 0 Å². The number of nitrogens with zero attached hydrogens (tertiary/aromatic N) is 1. The number of aromatic nitrogens is 1. The lowest BCUT2D eigenvalue weighted by molar-refractivity contribution is 0.627. The molecule has 0 saturated heterocycles. The second kappa shape index (κ2) is 4.19. The molecular formula is C10H9FN2S. The molecule has 0 aliphatic rings. The van der Waals surface area contributed by atoms with Gasteiger partial charge in [0.1, 0.15) is 10.8 Å². The summed E-state index contributed by atoms with van der Waals surface area (Å²) in [6, 6.07) is 6.46. The van der Waals surface area contributed by atoms with E-state index in [4.69, 9.17) is 0 Å². The first-order chi connectivity index (χ1) is 6.84. The van der Waals surface area contributed by atoms with Crippen molar-refractivity contribution in [3.63, 3.8) is 0 Å². The third kappa shape index (κ3) is 2.29. The van der Waals surface area contributed by atoms with Gasteiger partial charge in [-0.2, -0.15) is 0 Å². The van der Waals surface area contributed by atoms with Crippen molar-refractivity contribution < 1.29 is 4.39 Å². The third-order valence-corrected chi connectivity index (χ3v) is 2.54. The van der Waals surface area contributed by atoms with Crippen LogP contribution in [0.5, 0.6) is 0 Å². The highest BCUT2D eigenvalue weighted by Crippen LogP contribution is 2.13. The molecule has 0 aliphatic carbocycles. The topological polar surface area (TPSA) is 24.9 Å². The Morgan fingerprint density at radius 3 is 2.71 bits per heavy atom. The maximum absolute atomic E-state index is 12.6. The summed E-state index contributed by atoms with van der Waals surface area (Å²) in [6.45, 7) is 0.697. The van der Waals surface area contributed by atoms with Gasteiger partial charge in [0.25, 0.3) is 0 Å². The average Bonchev–Trinajstić information content (AvgIpc) is 2.70. The van der Waals surface area contributed by atoms with Crippen molar-refractivity contribution in [3.05, 3.63) is 47.4 Å². The highest BCUT2D eigenvalue weighted by atomic mass is 32.1. The molecule has 4 heteroatoms. The third-order valence-electron chi connectivity index (χ3n) is 1.81. The van der Waals surface area contributed by atoms with E-state index in [1.165, 1.54) is 12.1 Å². The minimum Gasteiger partial charge on any atom is -0.372 e. The zero-order valence-corrected chi connectivity index (χ0v) is 8.22. The highest BCUT2D eigenvalue weighted by Gasteiger charge is 1.95. The van der Waals surface area contributed by atoms with E-state index in [-0.39, 0.29) is 5.82 Å². The number of nitrogens with one attached hydrogen (secondary N) is 1. The Hall–Kier alpha value is -1.42. The molecule has 72 valence electrons. The SMILES string of the molecule is Fc1ccc(CNc2cncs2)cc1. The smallest absolute Gasteiger partial charge is 0.123 e. The Bertz CT molecular complexity index is 383. The summed E-state index contributed by atoms with van der Waals surface area (Å²) in [5.74, 6) is -0.202. The Labute approximate surface area is 85.4 Å². The van der Waals surface area contributed by atoms with Crippen molar-refractivity contribution >= 4 is 16.3 Å². The summed E-state index contributed by atoms with van der Waals surface area (Å²) in [5, 5.41) is 4.22. The van der Waals surface area contributed by atoms with Gasteiger partial charge >= 0.3 is 0 Å². The van der Waals surface area contributed by atoms with Gasteiger partial charge in [-0.25, -0.2) is 4.39 Å². The van der Waals surface area contributed by atoms with Gasteiger partial charge in [-0.15, -0.1) is 11.3 Å². The van der Waals surface area contributed by atoms with E-state index in [1.807, 2.05) is 0 Å². The first-order valence-corrected chi connectivity index (χ1v) is 5.09. The minimum absolute atomic E-state index is 0.202. The zero-order chi connectivity index (χ0) is 9.80. The minimum atomic E-state index is -0.202. The largest absolute Gasteiger partial charge is 0.372 e. The van der Waals surface area contributed by atoms with Crippen LogP contribution in [0.2, 0.25) is 0 Å². The number of thiazole rings is 1.